The van der Waals surface area contributed by atoms with Gasteiger partial charge in [0.1, 0.15) is 11.5 Å². The highest BCUT2D eigenvalue weighted by Gasteiger charge is 2.09. The number of rotatable bonds is 6. The lowest BCUT2D eigenvalue weighted by atomic mass is 10.00. The first kappa shape index (κ1) is 12.8. The maximum Gasteiger partial charge on any atom is 0.122 e. The molecule has 16 heavy (non-hydrogen) atoms. The highest BCUT2D eigenvalue weighted by atomic mass is 16.5. The van der Waals surface area contributed by atoms with Crippen LogP contribution in [0.15, 0.2) is 18.2 Å². The number of hydrogen-bond donors (Lipinski definition) is 1. The van der Waals surface area contributed by atoms with E-state index in [2.05, 4.69) is 12.2 Å². The molecule has 0 heterocycles. The summed E-state index contributed by atoms with van der Waals surface area (Å²) in [7, 11) is 5.36. The number of benzene rings is 1. The highest BCUT2D eigenvalue weighted by Crippen LogP contribution is 2.26. The van der Waals surface area contributed by atoms with Gasteiger partial charge in [0.15, 0.2) is 0 Å². The van der Waals surface area contributed by atoms with Gasteiger partial charge < -0.3 is 14.8 Å². The average molecular weight is 223 g/mol. The fraction of sp³-hybridized carbons (Fsp3) is 0.538. The van der Waals surface area contributed by atoms with Gasteiger partial charge in [0.25, 0.3) is 0 Å². The number of hydrogen-bond acceptors (Lipinski definition) is 3. The molecule has 0 amide bonds. The van der Waals surface area contributed by atoms with Crippen LogP contribution in [0.25, 0.3) is 0 Å². The summed E-state index contributed by atoms with van der Waals surface area (Å²) in [6.07, 6.45) is 0.987. The standard InChI is InChI=1S/C13H21NO2/c1-10(9-14-2)7-11-8-12(15-3)5-6-13(11)16-4/h5-6,8,10,14H,7,9H2,1-4H3. The fourth-order valence-corrected chi connectivity index (χ4v) is 1.84. The molecule has 0 saturated heterocycles. The summed E-state index contributed by atoms with van der Waals surface area (Å²) in [4.78, 5) is 0. The van der Waals surface area contributed by atoms with Crippen LogP contribution in [0.5, 0.6) is 11.5 Å². The van der Waals surface area contributed by atoms with Crippen LogP contribution in [-0.2, 0) is 6.42 Å². The molecule has 3 nitrogen and oxygen atoms in total. The van der Waals surface area contributed by atoms with Gasteiger partial charge in [0.2, 0.25) is 0 Å². The summed E-state index contributed by atoms with van der Waals surface area (Å²) in [5.74, 6) is 2.39. The van der Waals surface area contributed by atoms with Crippen molar-refractivity contribution in [1.29, 1.82) is 0 Å². The molecular formula is C13H21NO2. The Hall–Kier alpha value is -1.22. The topological polar surface area (TPSA) is 30.5 Å². The van der Waals surface area contributed by atoms with Crippen LogP contribution in [0.4, 0.5) is 0 Å². The van der Waals surface area contributed by atoms with Crippen molar-refractivity contribution in [2.75, 3.05) is 27.8 Å². The fourth-order valence-electron chi connectivity index (χ4n) is 1.84. The quantitative estimate of drug-likeness (QED) is 0.801. The molecule has 1 rings (SSSR count). The highest BCUT2D eigenvalue weighted by molar-refractivity contribution is 5.40. The normalized spacial score (nSPS) is 12.2. The van der Waals surface area contributed by atoms with Crippen molar-refractivity contribution in [3.8, 4) is 11.5 Å². The largest absolute Gasteiger partial charge is 0.497 e. The molecule has 0 radical (unpaired) electrons. The first-order valence-electron chi connectivity index (χ1n) is 5.56. The van der Waals surface area contributed by atoms with E-state index >= 15 is 0 Å². The van der Waals surface area contributed by atoms with Crippen molar-refractivity contribution in [1.82, 2.24) is 5.32 Å². The van der Waals surface area contributed by atoms with Crippen molar-refractivity contribution in [2.24, 2.45) is 5.92 Å². The Balaban J connectivity index is 2.82. The van der Waals surface area contributed by atoms with E-state index in [1.165, 1.54) is 5.56 Å². The maximum absolute atomic E-state index is 5.35. The van der Waals surface area contributed by atoms with Gasteiger partial charge in [-0.1, -0.05) is 6.92 Å². The van der Waals surface area contributed by atoms with Crippen molar-refractivity contribution in [3.05, 3.63) is 23.8 Å². The van der Waals surface area contributed by atoms with Crippen LogP contribution in [0.3, 0.4) is 0 Å². The van der Waals surface area contributed by atoms with E-state index in [1.807, 2.05) is 25.2 Å². The molecule has 1 aromatic carbocycles. The van der Waals surface area contributed by atoms with Crippen LogP contribution < -0.4 is 14.8 Å². The van der Waals surface area contributed by atoms with E-state index in [0.717, 1.165) is 24.5 Å². The Morgan fingerprint density at radius 1 is 1.25 bits per heavy atom. The molecule has 0 spiro atoms. The summed E-state index contributed by atoms with van der Waals surface area (Å²) in [5.41, 5.74) is 1.20. The van der Waals surface area contributed by atoms with E-state index in [0.29, 0.717) is 5.92 Å². The number of nitrogens with one attached hydrogen (secondary N) is 1. The van der Waals surface area contributed by atoms with Crippen LogP contribution in [0.1, 0.15) is 12.5 Å². The summed E-state index contributed by atoms with van der Waals surface area (Å²) >= 11 is 0. The first-order valence-corrected chi connectivity index (χ1v) is 5.56. The Bertz CT molecular complexity index is 326. The number of ether oxygens (including phenoxy) is 2. The van der Waals surface area contributed by atoms with Gasteiger partial charge >= 0.3 is 0 Å². The lowest BCUT2D eigenvalue weighted by Gasteiger charge is -2.14. The van der Waals surface area contributed by atoms with Gasteiger partial charge in [-0.25, -0.2) is 0 Å². The minimum atomic E-state index is 0.575. The smallest absolute Gasteiger partial charge is 0.122 e. The lowest BCUT2D eigenvalue weighted by molar-refractivity contribution is 0.394. The Morgan fingerprint density at radius 3 is 2.56 bits per heavy atom. The zero-order valence-corrected chi connectivity index (χ0v) is 10.5. The van der Waals surface area contributed by atoms with E-state index in [4.69, 9.17) is 9.47 Å². The van der Waals surface area contributed by atoms with E-state index < -0.39 is 0 Å². The zero-order valence-electron chi connectivity index (χ0n) is 10.5. The van der Waals surface area contributed by atoms with Crippen molar-refractivity contribution in [3.63, 3.8) is 0 Å². The molecule has 0 aliphatic heterocycles. The Morgan fingerprint density at radius 2 is 2.00 bits per heavy atom. The Labute approximate surface area is 97.8 Å². The molecule has 1 N–H and O–H groups in total. The molecule has 0 aromatic heterocycles. The molecular weight excluding hydrogens is 202 g/mol. The first-order chi connectivity index (χ1) is 7.71. The molecule has 90 valence electrons. The minimum absolute atomic E-state index is 0.575. The average Bonchev–Trinajstić information content (AvgIpc) is 2.29. The van der Waals surface area contributed by atoms with Gasteiger partial charge in [-0.15, -0.1) is 0 Å². The summed E-state index contributed by atoms with van der Waals surface area (Å²) in [5, 5.41) is 3.18. The third-order valence-electron chi connectivity index (χ3n) is 2.61. The van der Waals surface area contributed by atoms with Crippen molar-refractivity contribution < 1.29 is 9.47 Å². The molecule has 0 saturated carbocycles. The molecule has 0 bridgehead atoms. The maximum atomic E-state index is 5.35. The number of methoxy groups -OCH3 is 2. The second-order valence-corrected chi connectivity index (χ2v) is 4.04. The molecule has 1 atom stereocenters. The third-order valence-corrected chi connectivity index (χ3v) is 2.61. The van der Waals surface area contributed by atoms with Gasteiger partial charge in [0, 0.05) is 0 Å². The second kappa shape index (κ2) is 6.38. The van der Waals surface area contributed by atoms with Crippen LogP contribution >= 0.6 is 0 Å². The molecule has 0 aliphatic rings. The van der Waals surface area contributed by atoms with Crippen LogP contribution in [0.2, 0.25) is 0 Å². The molecule has 1 unspecified atom stereocenters. The van der Waals surface area contributed by atoms with Gasteiger partial charge in [-0.05, 0) is 49.7 Å². The summed E-state index contributed by atoms with van der Waals surface area (Å²) in [6, 6.07) is 5.93. The lowest BCUT2D eigenvalue weighted by Crippen LogP contribution is -2.18. The van der Waals surface area contributed by atoms with Gasteiger partial charge in [-0.2, -0.15) is 0 Å². The molecule has 0 fully saturated rings. The van der Waals surface area contributed by atoms with Crippen molar-refractivity contribution in [2.45, 2.75) is 13.3 Å². The minimum Gasteiger partial charge on any atom is -0.497 e. The summed E-state index contributed by atoms with van der Waals surface area (Å²) in [6.45, 7) is 3.22. The SMILES string of the molecule is CNCC(C)Cc1cc(OC)ccc1OC. The molecule has 3 heteroatoms. The molecule has 1 aromatic rings. The third kappa shape index (κ3) is 3.42. The zero-order chi connectivity index (χ0) is 12.0. The van der Waals surface area contributed by atoms with Crippen LogP contribution in [-0.4, -0.2) is 27.8 Å². The predicted molar refractivity (Wildman–Crippen MR) is 66.3 cm³/mol. The summed E-state index contributed by atoms with van der Waals surface area (Å²) < 4.78 is 10.6. The predicted octanol–water partition coefficient (Wildman–Crippen LogP) is 2.10. The Kier molecular flexibility index (Phi) is 5.12. The second-order valence-electron chi connectivity index (χ2n) is 4.04. The molecule has 0 aliphatic carbocycles. The van der Waals surface area contributed by atoms with Crippen molar-refractivity contribution >= 4 is 0 Å². The monoisotopic (exact) mass is 223 g/mol. The van der Waals surface area contributed by atoms with E-state index in [-0.39, 0.29) is 0 Å². The van der Waals surface area contributed by atoms with Crippen LogP contribution in [0, 0.1) is 5.92 Å². The van der Waals surface area contributed by atoms with E-state index in [1.54, 1.807) is 14.2 Å². The van der Waals surface area contributed by atoms with E-state index in [9.17, 15) is 0 Å². The van der Waals surface area contributed by atoms with Gasteiger partial charge in [-0.3, -0.25) is 0 Å². The van der Waals surface area contributed by atoms with Gasteiger partial charge in [0.05, 0.1) is 14.2 Å².